The fourth-order valence-electron chi connectivity index (χ4n) is 2.92. The maximum absolute atomic E-state index is 10.9. The summed E-state index contributed by atoms with van der Waals surface area (Å²) in [6.45, 7) is 9.13. The number of nitrogens with zero attached hydrogens (tertiary/aromatic N) is 4. The molecule has 0 aliphatic carbocycles. The molecule has 2 heterocycles. The number of aromatic nitrogens is 2. The lowest BCUT2D eigenvalue weighted by molar-refractivity contribution is 0.0697. The van der Waals surface area contributed by atoms with Crippen molar-refractivity contribution in [1.82, 2.24) is 14.9 Å². The number of carbonyl (C=O) groups is 1. The summed E-state index contributed by atoms with van der Waals surface area (Å²) < 4.78 is 0. The molecule has 1 saturated heterocycles. The van der Waals surface area contributed by atoms with Gasteiger partial charge >= 0.3 is 5.97 Å². The minimum absolute atomic E-state index is 0.263. The Bertz CT molecular complexity index is 740. The fourth-order valence-corrected chi connectivity index (χ4v) is 2.92. The third-order valence-corrected chi connectivity index (χ3v) is 4.37. The molecule has 0 atom stereocenters. The highest BCUT2D eigenvalue weighted by Crippen LogP contribution is 2.21. The van der Waals surface area contributed by atoms with Crippen molar-refractivity contribution in [2.75, 3.05) is 42.9 Å². The molecular weight excluding hydrogens is 318 g/mol. The van der Waals surface area contributed by atoms with E-state index in [-0.39, 0.29) is 5.56 Å². The number of piperazine rings is 1. The van der Waals surface area contributed by atoms with Crippen LogP contribution >= 0.6 is 0 Å². The summed E-state index contributed by atoms with van der Waals surface area (Å²) in [6, 6.07) is 8.56. The van der Waals surface area contributed by atoms with Gasteiger partial charge in [-0.1, -0.05) is 6.92 Å². The first-order valence-corrected chi connectivity index (χ1v) is 8.48. The molecule has 1 aliphatic rings. The molecule has 0 radical (unpaired) electrons. The number of hydrogen-bond donors (Lipinski definition) is 2. The lowest BCUT2D eigenvalue weighted by Crippen LogP contribution is -2.46. The van der Waals surface area contributed by atoms with E-state index < -0.39 is 5.97 Å². The summed E-state index contributed by atoms with van der Waals surface area (Å²) in [6.07, 6.45) is 0. The zero-order chi connectivity index (χ0) is 17.8. The zero-order valence-corrected chi connectivity index (χ0v) is 14.6. The van der Waals surface area contributed by atoms with Crippen LogP contribution < -0.4 is 10.2 Å². The number of benzene rings is 1. The van der Waals surface area contributed by atoms with Crippen LogP contribution in [0.3, 0.4) is 0 Å². The van der Waals surface area contributed by atoms with Gasteiger partial charge in [0.1, 0.15) is 17.5 Å². The van der Waals surface area contributed by atoms with Crippen LogP contribution in [0.25, 0.3) is 0 Å². The Balaban J connectivity index is 1.74. The van der Waals surface area contributed by atoms with Crippen molar-refractivity contribution in [3.63, 3.8) is 0 Å². The molecule has 0 amide bonds. The van der Waals surface area contributed by atoms with Crippen molar-refractivity contribution in [1.29, 1.82) is 0 Å². The average Bonchev–Trinajstić information content (AvgIpc) is 2.62. The molecular formula is C18H23N5O2. The molecule has 7 heteroatoms. The van der Waals surface area contributed by atoms with Crippen LogP contribution in [0.15, 0.2) is 30.3 Å². The van der Waals surface area contributed by atoms with Crippen molar-refractivity contribution < 1.29 is 9.90 Å². The molecule has 7 nitrogen and oxygen atoms in total. The number of rotatable bonds is 5. The van der Waals surface area contributed by atoms with Crippen molar-refractivity contribution >= 4 is 23.3 Å². The first-order chi connectivity index (χ1) is 12.0. The minimum Gasteiger partial charge on any atom is -0.478 e. The summed E-state index contributed by atoms with van der Waals surface area (Å²) in [5.41, 5.74) is 1.06. The highest BCUT2D eigenvalue weighted by atomic mass is 16.4. The molecule has 2 N–H and O–H groups in total. The Labute approximate surface area is 147 Å². The SMILES string of the molecule is CCN1CCN(c2cc(Nc3ccc(C(=O)O)cc3)nc(C)n2)CC1. The molecule has 1 aromatic heterocycles. The Kier molecular flexibility index (Phi) is 5.14. The van der Waals surface area contributed by atoms with E-state index in [9.17, 15) is 4.79 Å². The van der Waals surface area contributed by atoms with Gasteiger partial charge in [-0.15, -0.1) is 0 Å². The second-order valence-corrected chi connectivity index (χ2v) is 6.09. The topological polar surface area (TPSA) is 81.6 Å². The molecule has 132 valence electrons. The second kappa shape index (κ2) is 7.48. The van der Waals surface area contributed by atoms with Gasteiger partial charge in [-0.05, 0) is 37.7 Å². The number of carboxylic acids is 1. The number of likely N-dealkylation sites (N-methyl/N-ethyl adjacent to an activating group) is 1. The van der Waals surface area contributed by atoms with Crippen LogP contribution in [0.4, 0.5) is 17.3 Å². The summed E-state index contributed by atoms with van der Waals surface area (Å²) in [5.74, 6) is 1.41. The van der Waals surface area contributed by atoms with E-state index in [1.54, 1.807) is 24.3 Å². The fraction of sp³-hybridized carbons (Fsp3) is 0.389. The lowest BCUT2D eigenvalue weighted by atomic mass is 10.2. The molecule has 1 aromatic carbocycles. The maximum atomic E-state index is 10.9. The first kappa shape index (κ1) is 17.2. The predicted molar refractivity (Wildman–Crippen MR) is 97.8 cm³/mol. The Morgan fingerprint density at radius 3 is 2.44 bits per heavy atom. The van der Waals surface area contributed by atoms with E-state index in [2.05, 4.69) is 32.0 Å². The summed E-state index contributed by atoms with van der Waals surface area (Å²) >= 11 is 0. The normalized spacial score (nSPS) is 15.2. The van der Waals surface area contributed by atoms with Crippen LogP contribution in [-0.2, 0) is 0 Å². The number of aromatic carboxylic acids is 1. The van der Waals surface area contributed by atoms with Gasteiger partial charge in [0.15, 0.2) is 0 Å². The highest BCUT2D eigenvalue weighted by Gasteiger charge is 2.17. The summed E-state index contributed by atoms with van der Waals surface area (Å²) in [4.78, 5) is 24.6. The van der Waals surface area contributed by atoms with Crippen LogP contribution in [0, 0.1) is 6.92 Å². The monoisotopic (exact) mass is 341 g/mol. The number of aryl methyl sites for hydroxylation is 1. The van der Waals surface area contributed by atoms with Crippen LogP contribution in [0.2, 0.25) is 0 Å². The van der Waals surface area contributed by atoms with Gasteiger partial charge in [0.2, 0.25) is 0 Å². The van der Waals surface area contributed by atoms with E-state index in [4.69, 9.17) is 5.11 Å². The molecule has 1 aliphatic heterocycles. The quantitative estimate of drug-likeness (QED) is 0.864. The molecule has 0 bridgehead atoms. The molecule has 0 spiro atoms. The van der Waals surface area contributed by atoms with Gasteiger partial charge < -0.3 is 20.2 Å². The van der Waals surface area contributed by atoms with Gasteiger partial charge in [0.05, 0.1) is 5.56 Å². The van der Waals surface area contributed by atoms with Crippen LogP contribution in [0.1, 0.15) is 23.1 Å². The standard InChI is InChI=1S/C18H23N5O2/c1-3-22-8-10-23(11-9-22)17-12-16(19-13(2)20-17)21-15-6-4-14(5-7-15)18(24)25/h4-7,12H,3,8-11H2,1-2H3,(H,24,25)(H,19,20,21). The van der Waals surface area contributed by atoms with Gasteiger partial charge in [-0.3, -0.25) is 0 Å². The third kappa shape index (κ3) is 4.24. The van der Waals surface area contributed by atoms with Gasteiger partial charge in [-0.25, -0.2) is 14.8 Å². The van der Waals surface area contributed by atoms with E-state index in [0.29, 0.717) is 11.6 Å². The average molecular weight is 341 g/mol. The van der Waals surface area contributed by atoms with E-state index >= 15 is 0 Å². The van der Waals surface area contributed by atoms with Crippen LogP contribution in [0.5, 0.6) is 0 Å². The Hall–Kier alpha value is -2.67. The molecule has 0 saturated carbocycles. The van der Waals surface area contributed by atoms with Crippen molar-refractivity contribution in [3.05, 3.63) is 41.7 Å². The summed E-state index contributed by atoms with van der Waals surface area (Å²) in [7, 11) is 0. The minimum atomic E-state index is -0.932. The van der Waals surface area contributed by atoms with E-state index in [0.717, 1.165) is 44.2 Å². The third-order valence-electron chi connectivity index (χ3n) is 4.37. The number of nitrogens with one attached hydrogen (secondary N) is 1. The molecule has 25 heavy (non-hydrogen) atoms. The van der Waals surface area contributed by atoms with E-state index in [1.165, 1.54) is 0 Å². The van der Waals surface area contributed by atoms with Gasteiger partial charge in [0, 0.05) is 37.9 Å². The number of anilines is 3. The first-order valence-electron chi connectivity index (χ1n) is 8.48. The van der Waals surface area contributed by atoms with Crippen molar-refractivity contribution in [2.24, 2.45) is 0 Å². The molecule has 2 aromatic rings. The number of hydrogen-bond acceptors (Lipinski definition) is 6. The maximum Gasteiger partial charge on any atom is 0.335 e. The Morgan fingerprint density at radius 1 is 1.16 bits per heavy atom. The largest absolute Gasteiger partial charge is 0.478 e. The summed E-state index contributed by atoms with van der Waals surface area (Å²) in [5, 5.41) is 12.2. The smallest absolute Gasteiger partial charge is 0.335 e. The van der Waals surface area contributed by atoms with Crippen molar-refractivity contribution in [3.8, 4) is 0 Å². The molecule has 3 rings (SSSR count). The zero-order valence-electron chi connectivity index (χ0n) is 14.6. The predicted octanol–water partition coefficient (Wildman–Crippen LogP) is 2.37. The van der Waals surface area contributed by atoms with Crippen molar-refractivity contribution in [2.45, 2.75) is 13.8 Å². The van der Waals surface area contributed by atoms with Crippen LogP contribution in [-0.4, -0.2) is 58.7 Å². The second-order valence-electron chi connectivity index (χ2n) is 6.09. The van der Waals surface area contributed by atoms with E-state index in [1.807, 2.05) is 13.0 Å². The number of carboxylic acid groups (broad SMARTS) is 1. The lowest BCUT2D eigenvalue weighted by Gasteiger charge is -2.34. The highest BCUT2D eigenvalue weighted by molar-refractivity contribution is 5.88. The Morgan fingerprint density at radius 2 is 1.84 bits per heavy atom. The molecule has 0 unspecified atom stereocenters. The van der Waals surface area contributed by atoms with Gasteiger partial charge in [-0.2, -0.15) is 0 Å². The van der Waals surface area contributed by atoms with Gasteiger partial charge in [0.25, 0.3) is 0 Å². The molecule has 1 fully saturated rings.